The van der Waals surface area contributed by atoms with Crippen molar-refractivity contribution < 1.29 is 14.6 Å². The number of carbonyl (C=O) groups is 1. The summed E-state index contributed by atoms with van der Waals surface area (Å²) in [5.41, 5.74) is 3.20. The van der Waals surface area contributed by atoms with Gasteiger partial charge in [-0.15, -0.1) is 0 Å². The molecule has 0 atom stereocenters. The second-order valence-electron chi connectivity index (χ2n) is 3.71. The number of aliphatic hydroxyl groups excluding tert-OH is 1. The van der Waals surface area contributed by atoms with E-state index in [1.54, 1.807) is 0 Å². The number of rotatable bonds is 4. The third-order valence-electron chi connectivity index (χ3n) is 2.16. The summed E-state index contributed by atoms with van der Waals surface area (Å²) in [6.45, 7) is 5.37. The quantitative estimate of drug-likeness (QED) is 0.816. The highest BCUT2D eigenvalue weighted by atomic mass is 16.5. The number of aliphatic hydroxyl groups is 1. The summed E-state index contributed by atoms with van der Waals surface area (Å²) >= 11 is 0. The van der Waals surface area contributed by atoms with Crippen molar-refractivity contribution in [1.82, 2.24) is 0 Å². The molecule has 0 amide bonds. The van der Waals surface area contributed by atoms with Gasteiger partial charge >= 0.3 is 0 Å². The Labute approximate surface area is 89.7 Å². The van der Waals surface area contributed by atoms with Crippen molar-refractivity contribution in [2.24, 2.45) is 0 Å². The Morgan fingerprint density at radius 1 is 1.27 bits per heavy atom. The van der Waals surface area contributed by atoms with Gasteiger partial charge in [-0.25, -0.2) is 0 Å². The number of ether oxygens (including phenoxy) is 1. The van der Waals surface area contributed by atoms with Crippen LogP contribution in [-0.2, 0) is 4.79 Å². The van der Waals surface area contributed by atoms with E-state index < -0.39 is 6.61 Å². The normalized spacial score (nSPS) is 10.1. The zero-order valence-electron chi connectivity index (χ0n) is 9.33. The molecule has 0 spiro atoms. The van der Waals surface area contributed by atoms with Crippen LogP contribution in [-0.4, -0.2) is 24.1 Å². The van der Waals surface area contributed by atoms with E-state index in [9.17, 15) is 4.79 Å². The van der Waals surface area contributed by atoms with Gasteiger partial charge in [0.25, 0.3) is 0 Å². The maximum Gasteiger partial charge on any atom is 0.195 e. The SMILES string of the molecule is Cc1cc(C)c(OCC(=O)CO)c(C)c1. The molecule has 0 aromatic heterocycles. The first kappa shape index (κ1) is 11.7. The number of aryl methyl sites for hydroxylation is 3. The van der Waals surface area contributed by atoms with Gasteiger partial charge < -0.3 is 9.84 Å². The number of hydrogen-bond acceptors (Lipinski definition) is 3. The van der Waals surface area contributed by atoms with Crippen molar-refractivity contribution in [3.63, 3.8) is 0 Å². The molecule has 0 saturated heterocycles. The Morgan fingerprint density at radius 2 is 1.80 bits per heavy atom. The summed E-state index contributed by atoms with van der Waals surface area (Å²) in [5.74, 6) is 0.428. The lowest BCUT2D eigenvalue weighted by Gasteiger charge is -2.11. The van der Waals surface area contributed by atoms with Crippen LogP contribution in [0.1, 0.15) is 16.7 Å². The van der Waals surface area contributed by atoms with Crippen molar-refractivity contribution >= 4 is 5.78 Å². The number of benzene rings is 1. The monoisotopic (exact) mass is 208 g/mol. The number of carbonyl (C=O) groups excluding carboxylic acids is 1. The highest BCUT2D eigenvalue weighted by Gasteiger charge is 2.07. The van der Waals surface area contributed by atoms with Gasteiger partial charge in [0.1, 0.15) is 19.0 Å². The lowest BCUT2D eigenvalue weighted by molar-refractivity contribution is -0.123. The second kappa shape index (κ2) is 4.94. The summed E-state index contributed by atoms with van der Waals surface area (Å²) < 4.78 is 5.37. The van der Waals surface area contributed by atoms with Gasteiger partial charge in [0.15, 0.2) is 5.78 Å². The van der Waals surface area contributed by atoms with Crippen LogP contribution in [0.15, 0.2) is 12.1 Å². The molecule has 1 aromatic rings. The second-order valence-corrected chi connectivity index (χ2v) is 3.71. The van der Waals surface area contributed by atoms with E-state index in [4.69, 9.17) is 9.84 Å². The van der Waals surface area contributed by atoms with Gasteiger partial charge in [0.05, 0.1) is 0 Å². The van der Waals surface area contributed by atoms with Crippen molar-refractivity contribution in [2.45, 2.75) is 20.8 Å². The minimum atomic E-state index is -0.468. The highest BCUT2D eigenvalue weighted by Crippen LogP contribution is 2.24. The van der Waals surface area contributed by atoms with E-state index >= 15 is 0 Å². The van der Waals surface area contributed by atoms with E-state index in [1.165, 1.54) is 5.56 Å². The minimum absolute atomic E-state index is 0.0682. The van der Waals surface area contributed by atoms with Gasteiger partial charge in [0.2, 0.25) is 0 Å². The molecular weight excluding hydrogens is 192 g/mol. The van der Waals surface area contributed by atoms with Crippen LogP contribution in [0.2, 0.25) is 0 Å². The Morgan fingerprint density at radius 3 is 2.27 bits per heavy atom. The van der Waals surface area contributed by atoms with Crippen LogP contribution in [0, 0.1) is 20.8 Å². The lowest BCUT2D eigenvalue weighted by Crippen LogP contribution is -2.15. The first-order valence-corrected chi connectivity index (χ1v) is 4.87. The summed E-state index contributed by atoms with van der Waals surface area (Å²) in [6, 6.07) is 4.01. The Hall–Kier alpha value is -1.35. The summed E-state index contributed by atoms with van der Waals surface area (Å²) in [4.78, 5) is 10.9. The zero-order chi connectivity index (χ0) is 11.4. The topological polar surface area (TPSA) is 46.5 Å². The molecule has 0 aliphatic rings. The molecule has 1 N–H and O–H groups in total. The largest absolute Gasteiger partial charge is 0.485 e. The fourth-order valence-corrected chi connectivity index (χ4v) is 1.59. The predicted molar refractivity (Wildman–Crippen MR) is 58.2 cm³/mol. The van der Waals surface area contributed by atoms with Crippen molar-refractivity contribution in [3.8, 4) is 5.75 Å². The molecule has 0 unspecified atom stereocenters. The highest BCUT2D eigenvalue weighted by molar-refractivity contribution is 5.81. The fraction of sp³-hybridized carbons (Fsp3) is 0.417. The Kier molecular flexibility index (Phi) is 3.86. The predicted octanol–water partition coefficient (Wildman–Crippen LogP) is 1.55. The molecular formula is C12H16O3. The van der Waals surface area contributed by atoms with E-state index in [0.29, 0.717) is 0 Å². The van der Waals surface area contributed by atoms with Crippen LogP contribution in [0.4, 0.5) is 0 Å². The molecule has 0 radical (unpaired) electrons. The van der Waals surface area contributed by atoms with Gasteiger partial charge in [-0.3, -0.25) is 4.79 Å². The van der Waals surface area contributed by atoms with Crippen LogP contribution in [0.25, 0.3) is 0 Å². The lowest BCUT2D eigenvalue weighted by atomic mass is 10.1. The zero-order valence-corrected chi connectivity index (χ0v) is 9.33. The molecule has 3 heteroatoms. The molecule has 15 heavy (non-hydrogen) atoms. The molecule has 3 nitrogen and oxygen atoms in total. The molecule has 1 rings (SSSR count). The average Bonchev–Trinajstić information content (AvgIpc) is 2.15. The van der Waals surface area contributed by atoms with E-state index in [2.05, 4.69) is 0 Å². The summed E-state index contributed by atoms with van der Waals surface area (Å²) in [5, 5.41) is 8.57. The van der Waals surface area contributed by atoms with E-state index in [1.807, 2.05) is 32.9 Å². The first-order valence-electron chi connectivity index (χ1n) is 4.87. The van der Waals surface area contributed by atoms with Gasteiger partial charge in [0, 0.05) is 0 Å². The first-order chi connectivity index (χ1) is 7.04. The maximum atomic E-state index is 10.9. The van der Waals surface area contributed by atoms with Crippen LogP contribution in [0.3, 0.4) is 0 Å². The smallest absolute Gasteiger partial charge is 0.195 e. The van der Waals surface area contributed by atoms with Crippen LogP contribution in [0.5, 0.6) is 5.75 Å². The maximum absolute atomic E-state index is 10.9. The van der Waals surface area contributed by atoms with Crippen molar-refractivity contribution in [2.75, 3.05) is 13.2 Å². The summed E-state index contributed by atoms with van der Waals surface area (Å²) in [7, 11) is 0. The molecule has 1 aromatic carbocycles. The molecule has 0 heterocycles. The number of ketones is 1. The van der Waals surface area contributed by atoms with Gasteiger partial charge in [-0.05, 0) is 31.9 Å². The van der Waals surface area contributed by atoms with Gasteiger partial charge in [-0.2, -0.15) is 0 Å². The number of Topliss-reactive ketones (excluding diaryl/α,β-unsaturated/α-hetero) is 1. The van der Waals surface area contributed by atoms with Crippen LogP contribution >= 0.6 is 0 Å². The van der Waals surface area contributed by atoms with E-state index in [-0.39, 0.29) is 12.4 Å². The Bertz CT molecular complexity index is 346. The van der Waals surface area contributed by atoms with Gasteiger partial charge in [-0.1, -0.05) is 17.7 Å². The number of hydrogen-bond donors (Lipinski definition) is 1. The van der Waals surface area contributed by atoms with Crippen molar-refractivity contribution in [3.05, 3.63) is 28.8 Å². The third-order valence-corrected chi connectivity index (χ3v) is 2.16. The van der Waals surface area contributed by atoms with E-state index in [0.717, 1.165) is 16.9 Å². The third kappa shape index (κ3) is 3.06. The molecule has 0 bridgehead atoms. The molecule has 0 aliphatic carbocycles. The molecule has 0 aliphatic heterocycles. The van der Waals surface area contributed by atoms with Crippen molar-refractivity contribution in [1.29, 1.82) is 0 Å². The summed E-state index contributed by atoms with van der Waals surface area (Å²) in [6.07, 6.45) is 0. The van der Waals surface area contributed by atoms with Crippen LogP contribution < -0.4 is 4.74 Å². The molecule has 82 valence electrons. The minimum Gasteiger partial charge on any atom is -0.485 e. The fourth-order valence-electron chi connectivity index (χ4n) is 1.59. The Balaban J connectivity index is 2.81. The standard InChI is InChI=1S/C12H16O3/c1-8-4-9(2)12(10(3)5-8)15-7-11(14)6-13/h4-5,13H,6-7H2,1-3H3. The molecule has 0 fully saturated rings. The average molecular weight is 208 g/mol. The molecule has 0 saturated carbocycles.